The topological polar surface area (TPSA) is 49.3 Å². The molecule has 3 rings (SSSR count). The lowest BCUT2D eigenvalue weighted by Gasteiger charge is -2.25. The van der Waals surface area contributed by atoms with E-state index in [2.05, 4.69) is 11.4 Å². The van der Waals surface area contributed by atoms with Gasteiger partial charge in [0, 0.05) is 11.4 Å². The minimum atomic E-state index is -0.167. The Labute approximate surface area is 124 Å². The van der Waals surface area contributed by atoms with Crippen LogP contribution in [0.3, 0.4) is 0 Å². The number of carbonyl (C=O) groups is 1. The van der Waals surface area contributed by atoms with Gasteiger partial charge >= 0.3 is 0 Å². The molecule has 0 bridgehead atoms. The normalized spacial score (nSPS) is 26.1. The highest BCUT2D eigenvalue weighted by molar-refractivity contribution is 7.14. The minimum absolute atomic E-state index is 0.0736. The van der Waals surface area contributed by atoms with E-state index in [1.165, 1.54) is 23.3 Å². The van der Waals surface area contributed by atoms with E-state index in [1.807, 2.05) is 0 Å². The van der Waals surface area contributed by atoms with Crippen molar-refractivity contribution >= 4 is 17.2 Å². The van der Waals surface area contributed by atoms with Gasteiger partial charge in [-0.25, -0.2) is 0 Å². The van der Waals surface area contributed by atoms with Crippen LogP contribution in [0, 0.1) is 5.92 Å². The van der Waals surface area contributed by atoms with Gasteiger partial charge in [-0.05, 0) is 62.5 Å². The van der Waals surface area contributed by atoms with Gasteiger partial charge in [0.05, 0.1) is 11.0 Å². The van der Waals surface area contributed by atoms with Gasteiger partial charge in [0.15, 0.2) is 0 Å². The second kappa shape index (κ2) is 6.27. The maximum absolute atomic E-state index is 12.2. The maximum Gasteiger partial charge on any atom is 0.261 e. The molecule has 1 fully saturated rings. The van der Waals surface area contributed by atoms with E-state index in [-0.39, 0.29) is 12.0 Å². The zero-order chi connectivity index (χ0) is 13.9. The van der Waals surface area contributed by atoms with Gasteiger partial charge in [-0.2, -0.15) is 0 Å². The Morgan fingerprint density at radius 3 is 2.95 bits per heavy atom. The molecule has 1 saturated carbocycles. The molecule has 20 heavy (non-hydrogen) atoms. The van der Waals surface area contributed by atoms with E-state index in [1.54, 1.807) is 11.3 Å². The van der Waals surface area contributed by atoms with Crippen LogP contribution >= 0.6 is 11.3 Å². The van der Waals surface area contributed by atoms with Gasteiger partial charge in [-0.1, -0.05) is 6.42 Å². The zero-order valence-electron chi connectivity index (χ0n) is 11.9. The molecule has 0 aliphatic heterocycles. The van der Waals surface area contributed by atoms with Crippen LogP contribution in [0.4, 0.5) is 0 Å². The Morgan fingerprint density at radius 1 is 1.30 bits per heavy atom. The number of rotatable bonds is 3. The van der Waals surface area contributed by atoms with E-state index >= 15 is 0 Å². The van der Waals surface area contributed by atoms with Crippen LogP contribution in [-0.4, -0.2) is 23.7 Å². The Morgan fingerprint density at radius 2 is 2.15 bits per heavy atom. The molecule has 0 radical (unpaired) electrons. The van der Waals surface area contributed by atoms with Crippen molar-refractivity contribution in [3.8, 4) is 0 Å². The van der Waals surface area contributed by atoms with Crippen LogP contribution in [0.5, 0.6) is 0 Å². The standard InChI is InChI=1S/C16H23NO2S/c18-13-6-3-4-11(8-13)10-17-16(19)15-9-12-5-1-2-7-14(12)20-15/h9,11,13,18H,1-8,10H2,(H,17,19). The molecule has 1 amide bonds. The zero-order valence-corrected chi connectivity index (χ0v) is 12.7. The first-order valence-corrected chi connectivity index (χ1v) is 8.62. The van der Waals surface area contributed by atoms with Gasteiger partial charge in [-0.15, -0.1) is 11.3 Å². The molecule has 2 atom stereocenters. The fourth-order valence-electron chi connectivity index (χ4n) is 3.37. The summed E-state index contributed by atoms with van der Waals surface area (Å²) in [4.78, 5) is 14.5. The largest absolute Gasteiger partial charge is 0.393 e. The number of carbonyl (C=O) groups excluding carboxylic acids is 1. The van der Waals surface area contributed by atoms with Crippen molar-refractivity contribution in [3.05, 3.63) is 21.4 Å². The van der Waals surface area contributed by atoms with Gasteiger partial charge in [-0.3, -0.25) is 4.79 Å². The van der Waals surface area contributed by atoms with Crippen LogP contribution < -0.4 is 5.32 Å². The van der Waals surface area contributed by atoms with Crippen molar-refractivity contribution < 1.29 is 9.90 Å². The highest BCUT2D eigenvalue weighted by Gasteiger charge is 2.22. The summed E-state index contributed by atoms with van der Waals surface area (Å²) in [6.07, 6.45) is 8.58. The molecule has 3 nitrogen and oxygen atoms in total. The summed E-state index contributed by atoms with van der Waals surface area (Å²) in [6, 6.07) is 2.09. The highest BCUT2D eigenvalue weighted by atomic mass is 32.1. The van der Waals surface area contributed by atoms with E-state index in [9.17, 15) is 9.90 Å². The second-order valence-electron chi connectivity index (χ2n) is 6.16. The lowest BCUT2D eigenvalue weighted by Crippen LogP contribution is -2.32. The van der Waals surface area contributed by atoms with Crippen LogP contribution in [0.1, 0.15) is 58.6 Å². The Balaban J connectivity index is 1.55. The van der Waals surface area contributed by atoms with Crippen molar-refractivity contribution in [2.45, 2.75) is 57.5 Å². The molecule has 2 aliphatic carbocycles. The number of aryl methyl sites for hydroxylation is 2. The van der Waals surface area contributed by atoms with Gasteiger partial charge in [0.25, 0.3) is 5.91 Å². The number of thiophene rings is 1. The Hall–Kier alpha value is -0.870. The molecule has 1 aromatic heterocycles. The third kappa shape index (κ3) is 3.23. The number of aliphatic hydroxyl groups excluding tert-OH is 1. The van der Waals surface area contributed by atoms with Crippen molar-refractivity contribution in [2.75, 3.05) is 6.54 Å². The molecule has 0 saturated heterocycles. The number of hydrogen-bond donors (Lipinski definition) is 2. The molecule has 0 aromatic carbocycles. The predicted octanol–water partition coefficient (Wildman–Crippen LogP) is 2.91. The van der Waals surface area contributed by atoms with E-state index in [0.717, 1.165) is 43.4 Å². The lowest BCUT2D eigenvalue weighted by atomic mass is 9.87. The van der Waals surface area contributed by atoms with Crippen molar-refractivity contribution in [2.24, 2.45) is 5.92 Å². The second-order valence-corrected chi connectivity index (χ2v) is 7.30. The van der Waals surface area contributed by atoms with E-state index in [0.29, 0.717) is 12.5 Å². The SMILES string of the molecule is O=C(NCC1CCCC(O)C1)c1cc2c(s1)CCCC2. The van der Waals surface area contributed by atoms with Gasteiger partial charge in [0.1, 0.15) is 0 Å². The number of hydrogen-bond acceptors (Lipinski definition) is 3. The third-order valence-corrected chi connectivity index (χ3v) is 5.76. The first-order valence-electron chi connectivity index (χ1n) is 7.80. The number of fused-ring (bicyclic) bond motifs is 1. The van der Waals surface area contributed by atoms with Crippen molar-refractivity contribution in [3.63, 3.8) is 0 Å². The highest BCUT2D eigenvalue weighted by Crippen LogP contribution is 2.30. The lowest BCUT2D eigenvalue weighted by molar-refractivity contribution is 0.0876. The van der Waals surface area contributed by atoms with Crippen LogP contribution in [-0.2, 0) is 12.8 Å². The van der Waals surface area contributed by atoms with Gasteiger partial charge in [0.2, 0.25) is 0 Å². The molecule has 0 spiro atoms. The summed E-state index contributed by atoms with van der Waals surface area (Å²) in [6.45, 7) is 0.707. The summed E-state index contributed by atoms with van der Waals surface area (Å²) in [7, 11) is 0. The summed E-state index contributed by atoms with van der Waals surface area (Å²) in [5, 5.41) is 12.7. The third-order valence-electron chi connectivity index (χ3n) is 4.53. The summed E-state index contributed by atoms with van der Waals surface area (Å²) >= 11 is 1.67. The molecule has 4 heteroatoms. The Bertz CT molecular complexity index is 459. The van der Waals surface area contributed by atoms with Crippen LogP contribution in [0.25, 0.3) is 0 Å². The van der Waals surface area contributed by atoms with Crippen LogP contribution in [0.15, 0.2) is 6.07 Å². The average Bonchev–Trinajstić information content (AvgIpc) is 2.89. The van der Waals surface area contributed by atoms with E-state index in [4.69, 9.17) is 0 Å². The number of nitrogens with one attached hydrogen (secondary N) is 1. The maximum atomic E-state index is 12.2. The first-order chi connectivity index (χ1) is 9.72. The molecular formula is C16H23NO2S. The summed E-state index contributed by atoms with van der Waals surface area (Å²) < 4.78 is 0. The Kier molecular flexibility index (Phi) is 4.41. The molecule has 2 unspecified atom stereocenters. The summed E-state index contributed by atoms with van der Waals surface area (Å²) in [5.74, 6) is 0.516. The molecular weight excluding hydrogens is 270 g/mol. The average molecular weight is 293 g/mol. The molecule has 2 aliphatic rings. The molecule has 1 aromatic rings. The fourth-order valence-corrected chi connectivity index (χ4v) is 4.54. The van der Waals surface area contributed by atoms with Crippen molar-refractivity contribution in [1.29, 1.82) is 0 Å². The summed E-state index contributed by atoms with van der Waals surface area (Å²) in [5.41, 5.74) is 1.39. The van der Waals surface area contributed by atoms with Crippen LogP contribution in [0.2, 0.25) is 0 Å². The number of amides is 1. The minimum Gasteiger partial charge on any atom is -0.393 e. The van der Waals surface area contributed by atoms with Crippen molar-refractivity contribution in [1.82, 2.24) is 5.32 Å². The smallest absolute Gasteiger partial charge is 0.261 e. The number of aliphatic hydroxyl groups is 1. The predicted molar refractivity (Wildman–Crippen MR) is 81.3 cm³/mol. The molecule has 2 N–H and O–H groups in total. The molecule has 1 heterocycles. The quantitative estimate of drug-likeness (QED) is 0.900. The monoisotopic (exact) mass is 293 g/mol. The first kappa shape index (κ1) is 14.1. The fraction of sp³-hybridized carbons (Fsp3) is 0.688. The van der Waals surface area contributed by atoms with E-state index < -0.39 is 0 Å². The molecule has 110 valence electrons. The van der Waals surface area contributed by atoms with Gasteiger partial charge < -0.3 is 10.4 Å².